The summed E-state index contributed by atoms with van der Waals surface area (Å²) in [5, 5.41) is 4.68. The minimum absolute atomic E-state index is 0.968. The standard InChI is InChI=1S/C42H48O2/c1-3-5-7-9-11-19-25-37-39(31-21-15-13-16-22-31)35-29-27-34-33(41(35)43-37)28-30-36-40(32-23-17-14-18-24-32)38(44-42(34)36)26-20-12-10-8-6-4-2/h13-18,21-24,27-30H,3-12,19-20,25-26H2,1-2H3. The molecule has 4 aromatic carbocycles. The van der Waals surface area contributed by atoms with Gasteiger partial charge in [-0.2, -0.15) is 0 Å². The summed E-state index contributed by atoms with van der Waals surface area (Å²) in [5.41, 5.74) is 6.95. The van der Waals surface area contributed by atoms with Crippen molar-refractivity contribution >= 4 is 32.7 Å². The number of rotatable bonds is 16. The molecule has 2 heteroatoms. The van der Waals surface area contributed by atoms with E-state index in [4.69, 9.17) is 8.83 Å². The zero-order valence-corrected chi connectivity index (χ0v) is 26.8. The Hall–Kier alpha value is -3.78. The van der Waals surface area contributed by atoms with Gasteiger partial charge in [-0.15, -0.1) is 0 Å². The number of unbranched alkanes of at least 4 members (excludes halogenated alkanes) is 10. The Morgan fingerprint density at radius 1 is 0.386 bits per heavy atom. The third-order valence-electron chi connectivity index (χ3n) is 9.29. The average molecular weight is 585 g/mol. The van der Waals surface area contributed by atoms with E-state index in [1.54, 1.807) is 0 Å². The molecule has 0 atom stereocenters. The van der Waals surface area contributed by atoms with Gasteiger partial charge < -0.3 is 8.83 Å². The first-order valence-corrected chi connectivity index (χ1v) is 17.3. The Bertz CT molecular complexity index is 1640. The summed E-state index contributed by atoms with van der Waals surface area (Å²) in [6.45, 7) is 4.56. The fourth-order valence-electron chi connectivity index (χ4n) is 6.94. The minimum Gasteiger partial charge on any atom is -0.460 e. The van der Waals surface area contributed by atoms with Crippen LogP contribution in [0.3, 0.4) is 0 Å². The number of fused-ring (bicyclic) bond motifs is 5. The summed E-state index contributed by atoms with van der Waals surface area (Å²) in [4.78, 5) is 0. The number of hydrogen-bond acceptors (Lipinski definition) is 2. The van der Waals surface area contributed by atoms with Crippen LogP contribution in [-0.4, -0.2) is 0 Å². The molecule has 0 spiro atoms. The van der Waals surface area contributed by atoms with Crippen molar-refractivity contribution < 1.29 is 8.83 Å². The van der Waals surface area contributed by atoms with Crippen molar-refractivity contribution in [2.24, 2.45) is 0 Å². The first-order chi connectivity index (χ1) is 21.8. The van der Waals surface area contributed by atoms with E-state index in [0.717, 1.165) is 59.1 Å². The van der Waals surface area contributed by atoms with Crippen LogP contribution in [0.4, 0.5) is 0 Å². The van der Waals surface area contributed by atoms with E-state index < -0.39 is 0 Å². The molecule has 2 nitrogen and oxygen atoms in total. The lowest BCUT2D eigenvalue weighted by molar-refractivity contribution is 0.523. The molecule has 2 aromatic heterocycles. The van der Waals surface area contributed by atoms with Crippen LogP contribution in [0.5, 0.6) is 0 Å². The minimum atomic E-state index is 0.968. The Balaban J connectivity index is 1.41. The Labute approximate surface area is 263 Å². The molecular formula is C42H48O2. The average Bonchev–Trinajstić information content (AvgIpc) is 3.63. The lowest BCUT2D eigenvalue weighted by Gasteiger charge is -2.05. The Morgan fingerprint density at radius 3 is 1.16 bits per heavy atom. The van der Waals surface area contributed by atoms with Crippen molar-refractivity contribution in [3.8, 4) is 22.3 Å². The van der Waals surface area contributed by atoms with Crippen molar-refractivity contribution in [3.63, 3.8) is 0 Å². The van der Waals surface area contributed by atoms with Crippen LogP contribution in [0.1, 0.15) is 102 Å². The summed E-state index contributed by atoms with van der Waals surface area (Å²) in [7, 11) is 0. The molecule has 0 aliphatic rings. The molecule has 0 unspecified atom stereocenters. The van der Waals surface area contributed by atoms with Gasteiger partial charge in [-0.05, 0) is 48.2 Å². The maximum atomic E-state index is 6.84. The second-order valence-electron chi connectivity index (χ2n) is 12.5. The van der Waals surface area contributed by atoms with Crippen LogP contribution >= 0.6 is 0 Å². The van der Waals surface area contributed by atoms with Gasteiger partial charge in [0.05, 0.1) is 0 Å². The highest BCUT2D eigenvalue weighted by Gasteiger charge is 2.22. The van der Waals surface area contributed by atoms with Gasteiger partial charge >= 0.3 is 0 Å². The summed E-state index contributed by atoms with van der Waals surface area (Å²) >= 11 is 0. The smallest absolute Gasteiger partial charge is 0.142 e. The molecule has 6 aromatic rings. The van der Waals surface area contributed by atoms with Crippen molar-refractivity contribution in [2.75, 3.05) is 0 Å². The lowest BCUT2D eigenvalue weighted by Crippen LogP contribution is -1.88. The largest absolute Gasteiger partial charge is 0.460 e. The normalized spacial score (nSPS) is 11.8. The van der Waals surface area contributed by atoms with Gasteiger partial charge in [-0.3, -0.25) is 0 Å². The molecule has 0 saturated carbocycles. The molecule has 6 rings (SSSR count). The quantitative estimate of drug-likeness (QED) is 0.106. The van der Waals surface area contributed by atoms with Crippen LogP contribution in [0.2, 0.25) is 0 Å². The van der Waals surface area contributed by atoms with Gasteiger partial charge in [0.1, 0.15) is 22.7 Å². The SMILES string of the molecule is CCCCCCCCc1oc2c(ccc3c2ccc2c(-c4ccccc4)c(CCCCCCCC)oc23)c1-c1ccccc1. The summed E-state index contributed by atoms with van der Waals surface area (Å²) in [6, 6.07) is 30.7. The van der Waals surface area contributed by atoms with Gasteiger partial charge in [-0.25, -0.2) is 0 Å². The van der Waals surface area contributed by atoms with Gasteiger partial charge in [-0.1, -0.05) is 139 Å². The molecular weight excluding hydrogens is 536 g/mol. The van der Waals surface area contributed by atoms with Crippen molar-refractivity contribution in [1.82, 2.24) is 0 Å². The zero-order valence-electron chi connectivity index (χ0n) is 26.8. The maximum absolute atomic E-state index is 6.84. The van der Waals surface area contributed by atoms with Crippen LogP contribution in [0, 0.1) is 0 Å². The fourth-order valence-corrected chi connectivity index (χ4v) is 6.94. The van der Waals surface area contributed by atoms with Crippen LogP contribution < -0.4 is 0 Å². The highest BCUT2D eigenvalue weighted by molar-refractivity contribution is 6.18. The molecule has 0 aliphatic heterocycles. The predicted octanol–water partition coefficient (Wildman–Crippen LogP) is 13.5. The van der Waals surface area contributed by atoms with Gasteiger partial charge in [0, 0.05) is 45.5 Å². The van der Waals surface area contributed by atoms with Crippen molar-refractivity contribution in [1.29, 1.82) is 0 Å². The van der Waals surface area contributed by atoms with Crippen molar-refractivity contribution in [3.05, 3.63) is 96.4 Å². The molecule has 0 radical (unpaired) electrons. The molecule has 0 aliphatic carbocycles. The highest BCUT2D eigenvalue weighted by Crippen LogP contribution is 2.44. The van der Waals surface area contributed by atoms with E-state index in [1.807, 2.05) is 0 Å². The molecule has 228 valence electrons. The molecule has 0 amide bonds. The highest BCUT2D eigenvalue weighted by atomic mass is 16.3. The second-order valence-corrected chi connectivity index (χ2v) is 12.5. The molecule has 44 heavy (non-hydrogen) atoms. The first-order valence-electron chi connectivity index (χ1n) is 17.3. The van der Waals surface area contributed by atoms with E-state index in [0.29, 0.717) is 0 Å². The molecule has 0 N–H and O–H groups in total. The number of aryl methyl sites for hydroxylation is 2. The molecule has 0 fully saturated rings. The monoisotopic (exact) mass is 584 g/mol. The topological polar surface area (TPSA) is 26.3 Å². The van der Waals surface area contributed by atoms with E-state index in [1.165, 1.54) is 97.2 Å². The maximum Gasteiger partial charge on any atom is 0.142 e. The van der Waals surface area contributed by atoms with Crippen LogP contribution in [0.15, 0.2) is 93.8 Å². The summed E-state index contributed by atoms with van der Waals surface area (Å²) in [5.74, 6) is 2.23. The number of hydrogen-bond donors (Lipinski definition) is 0. The van der Waals surface area contributed by atoms with E-state index in [-0.39, 0.29) is 0 Å². The molecule has 0 bridgehead atoms. The van der Waals surface area contributed by atoms with Crippen LogP contribution in [0.25, 0.3) is 55.0 Å². The van der Waals surface area contributed by atoms with Gasteiger partial charge in [0.2, 0.25) is 0 Å². The third kappa shape index (κ3) is 6.50. The number of benzene rings is 4. The zero-order chi connectivity index (χ0) is 30.1. The Morgan fingerprint density at radius 2 is 0.750 bits per heavy atom. The molecule has 2 heterocycles. The fraction of sp³-hybridized carbons (Fsp3) is 0.381. The molecule has 0 saturated heterocycles. The van der Waals surface area contributed by atoms with Crippen LogP contribution in [-0.2, 0) is 12.8 Å². The van der Waals surface area contributed by atoms with E-state index >= 15 is 0 Å². The summed E-state index contributed by atoms with van der Waals surface area (Å²) < 4.78 is 13.7. The van der Waals surface area contributed by atoms with E-state index in [2.05, 4.69) is 98.8 Å². The third-order valence-corrected chi connectivity index (χ3v) is 9.29. The van der Waals surface area contributed by atoms with Gasteiger partial charge in [0.25, 0.3) is 0 Å². The predicted molar refractivity (Wildman–Crippen MR) is 189 cm³/mol. The van der Waals surface area contributed by atoms with Gasteiger partial charge in [0.15, 0.2) is 0 Å². The number of furan rings is 2. The lowest BCUT2D eigenvalue weighted by atomic mass is 9.95. The Kier molecular flexibility index (Phi) is 10.2. The first kappa shape index (κ1) is 30.3. The second kappa shape index (κ2) is 14.8. The van der Waals surface area contributed by atoms with Crippen molar-refractivity contribution in [2.45, 2.75) is 104 Å². The summed E-state index contributed by atoms with van der Waals surface area (Å²) in [6.07, 6.45) is 17.3. The van der Waals surface area contributed by atoms with E-state index in [9.17, 15) is 0 Å².